The highest BCUT2D eigenvalue weighted by Gasteiger charge is 2.34. The molecule has 6 heteroatoms. The number of nitrogens with two attached hydrogens (primary N) is 1. The van der Waals surface area contributed by atoms with E-state index < -0.39 is 0 Å². The minimum absolute atomic E-state index is 0.170. The van der Waals surface area contributed by atoms with E-state index in [4.69, 9.17) is 15.7 Å². The van der Waals surface area contributed by atoms with Crippen molar-refractivity contribution in [3.8, 4) is 0 Å². The molecule has 20 heavy (non-hydrogen) atoms. The number of nitrogens with zero attached hydrogens (tertiary/aromatic N) is 2. The Morgan fingerprint density at radius 3 is 2.70 bits per heavy atom. The summed E-state index contributed by atoms with van der Waals surface area (Å²) in [5, 5.41) is 12.3. The molecule has 3 rings (SSSR count). The molecule has 2 aliphatic heterocycles. The first kappa shape index (κ1) is 13.6. The smallest absolute Gasteiger partial charge is 0.173 e. The van der Waals surface area contributed by atoms with Gasteiger partial charge < -0.3 is 20.6 Å². The van der Waals surface area contributed by atoms with Gasteiger partial charge in [0.15, 0.2) is 5.84 Å². The van der Waals surface area contributed by atoms with Crippen LogP contribution in [0.15, 0.2) is 28.3 Å². The van der Waals surface area contributed by atoms with Crippen LogP contribution in [0.4, 0.5) is 5.69 Å². The van der Waals surface area contributed by atoms with Crippen LogP contribution in [-0.2, 0) is 4.74 Å². The van der Waals surface area contributed by atoms with Gasteiger partial charge in [0, 0.05) is 23.7 Å². The van der Waals surface area contributed by atoms with E-state index in [0.717, 1.165) is 42.1 Å². The van der Waals surface area contributed by atoms with Gasteiger partial charge in [-0.15, -0.1) is 11.8 Å². The number of ether oxygens (including phenoxy) is 1. The number of hydrogen-bond donors (Lipinski definition) is 2. The Labute approximate surface area is 122 Å². The van der Waals surface area contributed by atoms with Gasteiger partial charge in [-0.05, 0) is 31.2 Å². The van der Waals surface area contributed by atoms with Crippen molar-refractivity contribution in [2.24, 2.45) is 10.9 Å². The van der Waals surface area contributed by atoms with Gasteiger partial charge in [0.05, 0.1) is 17.8 Å². The van der Waals surface area contributed by atoms with Crippen LogP contribution in [0.1, 0.15) is 18.4 Å². The Hall–Kier alpha value is -1.40. The highest BCUT2D eigenvalue weighted by Crippen LogP contribution is 2.34. The highest BCUT2D eigenvalue weighted by molar-refractivity contribution is 7.98. The van der Waals surface area contributed by atoms with Crippen LogP contribution in [0.2, 0.25) is 0 Å². The lowest BCUT2D eigenvalue weighted by Gasteiger charge is -2.35. The summed E-state index contributed by atoms with van der Waals surface area (Å²) in [6.45, 7) is 1.75. The van der Waals surface area contributed by atoms with Gasteiger partial charge in [0.25, 0.3) is 0 Å². The van der Waals surface area contributed by atoms with Gasteiger partial charge in [-0.2, -0.15) is 0 Å². The van der Waals surface area contributed by atoms with Crippen molar-refractivity contribution in [2.45, 2.75) is 29.9 Å². The summed E-state index contributed by atoms with van der Waals surface area (Å²) in [6.07, 6.45) is 4.87. The maximum atomic E-state index is 9.06. The average molecular weight is 293 g/mol. The lowest BCUT2D eigenvalue weighted by Crippen LogP contribution is -2.43. The van der Waals surface area contributed by atoms with Crippen molar-refractivity contribution >= 4 is 23.3 Å². The first-order valence-corrected chi connectivity index (χ1v) is 8.00. The molecule has 2 aliphatic rings. The second kappa shape index (κ2) is 5.54. The molecule has 2 unspecified atom stereocenters. The number of oxime groups is 1. The van der Waals surface area contributed by atoms with Crippen molar-refractivity contribution in [3.05, 3.63) is 23.8 Å². The number of benzene rings is 1. The number of hydrogen-bond acceptors (Lipinski definition) is 5. The molecular weight excluding hydrogens is 274 g/mol. The van der Waals surface area contributed by atoms with Crippen molar-refractivity contribution in [3.63, 3.8) is 0 Å². The van der Waals surface area contributed by atoms with E-state index in [1.807, 2.05) is 24.5 Å². The second-order valence-electron chi connectivity index (χ2n) is 5.20. The summed E-state index contributed by atoms with van der Waals surface area (Å²) < 4.78 is 5.87. The average Bonchev–Trinajstić information content (AvgIpc) is 2.83. The largest absolute Gasteiger partial charge is 0.409 e. The molecule has 0 spiro atoms. The predicted octanol–water partition coefficient (Wildman–Crippen LogP) is 1.87. The predicted molar refractivity (Wildman–Crippen MR) is 80.8 cm³/mol. The molecule has 1 aromatic carbocycles. The van der Waals surface area contributed by atoms with Gasteiger partial charge >= 0.3 is 0 Å². The van der Waals surface area contributed by atoms with E-state index in [-0.39, 0.29) is 5.84 Å². The van der Waals surface area contributed by atoms with Crippen molar-refractivity contribution < 1.29 is 9.94 Å². The van der Waals surface area contributed by atoms with E-state index in [0.29, 0.717) is 12.2 Å². The second-order valence-corrected chi connectivity index (χ2v) is 6.05. The van der Waals surface area contributed by atoms with Gasteiger partial charge in [0.1, 0.15) is 0 Å². The van der Waals surface area contributed by atoms with Crippen LogP contribution in [0.25, 0.3) is 0 Å². The molecular formula is C14H19N3O2S. The fourth-order valence-corrected chi connectivity index (χ4v) is 3.70. The number of morpholine rings is 1. The lowest BCUT2D eigenvalue weighted by atomic mass is 10.1. The molecule has 0 radical (unpaired) electrons. The van der Waals surface area contributed by atoms with Gasteiger partial charge in [-0.3, -0.25) is 0 Å². The molecule has 2 bridgehead atoms. The molecule has 0 aromatic heterocycles. The van der Waals surface area contributed by atoms with E-state index >= 15 is 0 Å². The molecule has 3 N–H and O–H groups in total. The van der Waals surface area contributed by atoms with Crippen LogP contribution >= 0.6 is 11.8 Å². The Balaban J connectivity index is 2.00. The van der Waals surface area contributed by atoms with E-state index in [2.05, 4.69) is 10.1 Å². The normalized spacial score (nSPS) is 26.1. The van der Waals surface area contributed by atoms with E-state index in [9.17, 15) is 0 Å². The Morgan fingerprint density at radius 2 is 2.10 bits per heavy atom. The third kappa shape index (κ3) is 2.33. The minimum Gasteiger partial charge on any atom is -0.409 e. The Morgan fingerprint density at radius 1 is 1.40 bits per heavy atom. The lowest BCUT2D eigenvalue weighted by molar-refractivity contribution is 0.0305. The van der Waals surface area contributed by atoms with Crippen LogP contribution in [0.5, 0.6) is 0 Å². The molecule has 2 fully saturated rings. The zero-order chi connectivity index (χ0) is 14.1. The molecule has 2 heterocycles. The summed E-state index contributed by atoms with van der Waals surface area (Å²) in [5.41, 5.74) is 7.75. The van der Waals surface area contributed by atoms with Crippen molar-refractivity contribution in [1.29, 1.82) is 0 Å². The number of anilines is 1. The molecule has 0 amide bonds. The van der Waals surface area contributed by atoms with Crippen molar-refractivity contribution in [2.75, 3.05) is 24.2 Å². The zero-order valence-electron chi connectivity index (χ0n) is 11.5. The number of fused-ring (bicyclic) bond motifs is 2. The SMILES string of the molecule is CSc1cccc(N2CC3CCC(C2)O3)c1/C(N)=N/O. The third-order valence-electron chi connectivity index (χ3n) is 3.97. The minimum atomic E-state index is 0.170. The zero-order valence-corrected chi connectivity index (χ0v) is 12.3. The van der Waals surface area contributed by atoms with E-state index in [1.54, 1.807) is 11.8 Å². The summed E-state index contributed by atoms with van der Waals surface area (Å²) in [7, 11) is 0. The van der Waals surface area contributed by atoms with Crippen LogP contribution in [0, 0.1) is 0 Å². The maximum Gasteiger partial charge on any atom is 0.173 e. The molecule has 2 saturated heterocycles. The van der Waals surface area contributed by atoms with Crippen LogP contribution in [-0.4, -0.2) is 42.6 Å². The molecule has 2 atom stereocenters. The summed E-state index contributed by atoms with van der Waals surface area (Å²) >= 11 is 1.60. The number of thioether (sulfide) groups is 1. The van der Waals surface area contributed by atoms with Gasteiger partial charge in [-0.25, -0.2) is 0 Å². The fraction of sp³-hybridized carbons (Fsp3) is 0.500. The molecule has 1 aromatic rings. The maximum absolute atomic E-state index is 9.06. The summed E-state index contributed by atoms with van der Waals surface area (Å²) in [6, 6.07) is 6.06. The van der Waals surface area contributed by atoms with Crippen molar-refractivity contribution in [1.82, 2.24) is 0 Å². The standard InChI is InChI=1S/C14H19N3O2S/c1-20-12-4-2-3-11(13(12)14(15)16-18)17-7-9-5-6-10(8-17)19-9/h2-4,9-10,18H,5-8H2,1H3,(H2,15,16). The van der Waals surface area contributed by atoms with Crippen LogP contribution < -0.4 is 10.6 Å². The van der Waals surface area contributed by atoms with Crippen LogP contribution in [0.3, 0.4) is 0 Å². The Bertz CT molecular complexity index is 523. The monoisotopic (exact) mass is 293 g/mol. The Kier molecular flexibility index (Phi) is 3.76. The quantitative estimate of drug-likeness (QED) is 0.293. The summed E-state index contributed by atoms with van der Waals surface area (Å²) in [4.78, 5) is 3.33. The number of amidine groups is 1. The fourth-order valence-electron chi connectivity index (χ4n) is 3.07. The molecule has 0 saturated carbocycles. The first-order chi connectivity index (χ1) is 9.72. The molecule has 5 nitrogen and oxygen atoms in total. The topological polar surface area (TPSA) is 71.1 Å². The first-order valence-electron chi connectivity index (χ1n) is 6.78. The molecule has 0 aliphatic carbocycles. The van der Waals surface area contributed by atoms with Gasteiger partial charge in [-0.1, -0.05) is 11.2 Å². The third-order valence-corrected chi connectivity index (χ3v) is 4.75. The highest BCUT2D eigenvalue weighted by atomic mass is 32.2. The van der Waals surface area contributed by atoms with E-state index in [1.165, 1.54) is 0 Å². The van der Waals surface area contributed by atoms with Gasteiger partial charge in [0.2, 0.25) is 0 Å². The summed E-state index contributed by atoms with van der Waals surface area (Å²) in [5.74, 6) is 0.170. The molecule has 108 valence electrons. The number of rotatable bonds is 3.